The summed E-state index contributed by atoms with van der Waals surface area (Å²) in [5.41, 5.74) is 4.38. The SMILES string of the molecule is CCN(CC)C(=O)c1sc(-c2cc(S(=O)(=O)Nc3cccc(C)c3C)c(C)n2C)nc1C. The van der Waals surface area contributed by atoms with E-state index in [1.807, 2.05) is 58.4 Å². The molecule has 1 N–H and O–H groups in total. The molecule has 172 valence electrons. The summed E-state index contributed by atoms with van der Waals surface area (Å²) >= 11 is 1.30. The summed E-state index contributed by atoms with van der Waals surface area (Å²) in [5.74, 6) is -0.0494. The lowest BCUT2D eigenvalue weighted by Crippen LogP contribution is -2.30. The van der Waals surface area contributed by atoms with Crippen LogP contribution in [-0.4, -0.2) is 41.9 Å². The van der Waals surface area contributed by atoms with Crippen LogP contribution in [0.4, 0.5) is 5.69 Å². The fourth-order valence-corrected chi connectivity index (χ4v) is 6.07. The predicted octanol–water partition coefficient (Wildman–Crippen LogP) is 4.67. The number of sulfonamides is 1. The maximum Gasteiger partial charge on any atom is 0.265 e. The normalized spacial score (nSPS) is 11.6. The maximum atomic E-state index is 13.2. The van der Waals surface area contributed by atoms with E-state index in [-0.39, 0.29) is 10.8 Å². The van der Waals surface area contributed by atoms with Gasteiger partial charge in [-0.25, -0.2) is 13.4 Å². The molecule has 7 nitrogen and oxygen atoms in total. The summed E-state index contributed by atoms with van der Waals surface area (Å²) in [6, 6.07) is 7.16. The number of hydrogen-bond acceptors (Lipinski definition) is 5. The number of amides is 1. The van der Waals surface area contributed by atoms with Crippen LogP contribution in [-0.2, 0) is 17.1 Å². The van der Waals surface area contributed by atoms with Gasteiger partial charge in [0.15, 0.2) is 0 Å². The fraction of sp³-hybridized carbons (Fsp3) is 0.391. The van der Waals surface area contributed by atoms with Gasteiger partial charge in [-0.3, -0.25) is 9.52 Å². The first-order valence-corrected chi connectivity index (χ1v) is 12.8. The molecular weight excluding hydrogens is 444 g/mol. The topological polar surface area (TPSA) is 84.3 Å². The fourth-order valence-electron chi connectivity index (χ4n) is 3.57. The van der Waals surface area contributed by atoms with E-state index in [0.29, 0.717) is 45.7 Å². The molecule has 2 aromatic heterocycles. The van der Waals surface area contributed by atoms with Crippen molar-refractivity contribution in [3.63, 3.8) is 0 Å². The molecule has 3 rings (SSSR count). The van der Waals surface area contributed by atoms with Gasteiger partial charge in [0.1, 0.15) is 14.8 Å². The van der Waals surface area contributed by atoms with Crippen molar-refractivity contribution in [1.82, 2.24) is 14.5 Å². The number of hydrogen-bond donors (Lipinski definition) is 1. The number of nitrogens with one attached hydrogen (secondary N) is 1. The van der Waals surface area contributed by atoms with Crippen LogP contribution in [0.3, 0.4) is 0 Å². The van der Waals surface area contributed by atoms with E-state index < -0.39 is 10.0 Å². The number of aromatic nitrogens is 2. The maximum absolute atomic E-state index is 13.2. The molecule has 0 fully saturated rings. The predicted molar refractivity (Wildman–Crippen MR) is 130 cm³/mol. The van der Waals surface area contributed by atoms with Gasteiger partial charge in [-0.2, -0.15) is 0 Å². The lowest BCUT2D eigenvalue weighted by atomic mass is 10.1. The van der Waals surface area contributed by atoms with E-state index in [1.54, 1.807) is 24.0 Å². The second kappa shape index (κ2) is 9.07. The molecule has 0 spiro atoms. The summed E-state index contributed by atoms with van der Waals surface area (Å²) in [5, 5.41) is 0.622. The molecule has 0 saturated carbocycles. The molecule has 0 bridgehead atoms. The molecule has 3 aromatic rings. The highest BCUT2D eigenvalue weighted by atomic mass is 32.2. The first kappa shape index (κ1) is 24.0. The third-order valence-corrected chi connectivity index (χ3v) is 8.54. The monoisotopic (exact) mass is 474 g/mol. The Morgan fingerprint density at radius 3 is 2.44 bits per heavy atom. The van der Waals surface area contributed by atoms with Crippen molar-refractivity contribution < 1.29 is 13.2 Å². The summed E-state index contributed by atoms with van der Waals surface area (Å²) in [7, 11) is -1.99. The Bertz CT molecular complexity index is 1270. The number of aryl methyl sites for hydroxylation is 2. The van der Waals surface area contributed by atoms with Gasteiger partial charge >= 0.3 is 0 Å². The number of thiazole rings is 1. The zero-order chi connectivity index (χ0) is 23.8. The molecule has 0 aliphatic carbocycles. The van der Waals surface area contributed by atoms with E-state index in [9.17, 15) is 13.2 Å². The molecule has 1 amide bonds. The number of benzene rings is 1. The van der Waals surface area contributed by atoms with E-state index >= 15 is 0 Å². The number of anilines is 1. The van der Waals surface area contributed by atoms with Crippen molar-refractivity contribution in [1.29, 1.82) is 0 Å². The van der Waals surface area contributed by atoms with Crippen LogP contribution in [0.1, 0.15) is 46.0 Å². The molecule has 2 heterocycles. The molecule has 9 heteroatoms. The van der Waals surface area contributed by atoms with Gasteiger partial charge in [-0.15, -0.1) is 11.3 Å². The third-order valence-electron chi connectivity index (χ3n) is 5.89. The number of carbonyl (C=O) groups is 1. The number of nitrogens with zero attached hydrogens (tertiary/aromatic N) is 3. The zero-order valence-electron chi connectivity index (χ0n) is 19.6. The minimum atomic E-state index is -3.80. The van der Waals surface area contributed by atoms with E-state index in [0.717, 1.165) is 11.1 Å². The van der Waals surface area contributed by atoms with Crippen molar-refractivity contribution in [2.24, 2.45) is 7.05 Å². The first-order valence-electron chi connectivity index (χ1n) is 10.5. The van der Waals surface area contributed by atoms with Crippen LogP contribution >= 0.6 is 11.3 Å². The first-order chi connectivity index (χ1) is 15.0. The molecule has 0 aliphatic rings. The second-order valence-corrected chi connectivity index (χ2v) is 10.5. The Balaban J connectivity index is 2.02. The molecule has 0 aliphatic heterocycles. The van der Waals surface area contributed by atoms with Crippen molar-refractivity contribution in [2.75, 3.05) is 17.8 Å². The highest BCUT2D eigenvalue weighted by molar-refractivity contribution is 7.92. The van der Waals surface area contributed by atoms with Crippen LogP contribution in [0.2, 0.25) is 0 Å². The smallest absolute Gasteiger partial charge is 0.265 e. The summed E-state index contributed by atoms with van der Waals surface area (Å²) in [4.78, 5) is 20.0. The molecule has 32 heavy (non-hydrogen) atoms. The molecular formula is C23H30N4O3S2. The Kier molecular flexibility index (Phi) is 6.80. The zero-order valence-corrected chi connectivity index (χ0v) is 21.2. The Labute approximate surface area is 194 Å². The van der Waals surface area contributed by atoms with Gasteiger partial charge in [0.2, 0.25) is 0 Å². The minimum Gasteiger partial charge on any atom is -0.345 e. The van der Waals surface area contributed by atoms with Crippen molar-refractivity contribution in [3.8, 4) is 10.7 Å². The van der Waals surface area contributed by atoms with E-state index in [4.69, 9.17) is 0 Å². The van der Waals surface area contributed by atoms with Crippen molar-refractivity contribution in [2.45, 2.75) is 46.4 Å². The van der Waals surface area contributed by atoms with Gasteiger partial charge in [0.25, 0.3) is 15.9 Å². The second-order valence-electron chi connectivity index (χ2n) is 7.80. The number of carbonyl (C=O) groups excluding carboxylic acids is 1. The Morgan fingerprint density at radius 2 is 1.81 bits per heavy atom. The van der Waals surface area contributed by atoms with Gasteiger partial charge in [0.05, 0.1) is 17.1 Å². The van der Waals surface area contributed by atoms with Crippen molar-refractivity contribution >= 4 is 33.0 Å². The van der Waals surface area contributed by atoms with Crippen LogP contribution in [0.25, 0.3) is 10.7 Å². The van der Waals surface area contributed by atoms with Crippen LogP contribution in [0, 0.1) is 27.7 Å². The Hall–Kier alpha value is -2.65. The van der Waals surface area contributed by atoms with Crippen molar-refractivity contribution in [3.05, 3.63) is 51.7 Å². The van der Waals surface area contributed by atoms with E-state index in [1.165, 1.54) is 11.3 Å². The molecule has 0 saturated heterocycles. The minimum absolute atomic E-state index is 0.0494. The standard InChI is InChI=1S/C23H30N4O3S2/c1-8-27(9-2)23(28)21-16(5)24-22(31-21)19-13-20(17(6)26(19)7)32(29,30)25-18-12-10-11-14(3)15(18)4/h10-13,25H,8-9H2,1-7H3. The van der Waals surface area contributed by atoms with Crippen LogP contribution in [0.5, 0.6) is 0 Å². The lowest BCUT2D eigenvalue weighted by Gasteiger charge is -2.17. The van der Waals surface area contributed by atoms with E-state index in [2.05, 4.69) is 9.71 Å². The average molecular weight is 475 g/mol. The number of rotatable bonds is 7. The highest BCUT2D eigenvalue weighted by Gasteiger charge is 2.26. The summed E-state index contributed by atoms with van der Waals surface area (Å²) in [6.07, 6.45) is 0. The molecule has 0 atom stereocenters. The summed E-state index contributed by atoms with van der Waals surface area (Å²) < 4.78 is 31.0. The van der Waals surface area contributed by atoms with Gasteiger partial charge in [-0.1, -0.05) is 12.1 Å². The molecule has 0 radical (unpaired) electrons. The highest BCUT2D eigenvalue weighted by Crippen LogP contribution is 2.34. The average Bonchev–Trinajstić information content (AvgIpc) is 3.26. The Morgan fingerprint density at radius 1 is 1.16 bits per heavy atom. The lowest BCUT2D eigenvalue weighted by molar-refractivity contribution is 0.0777. The van der Waals surface area contributed by atoms with Crippen LogP contribution in [0.15, 0.2) is 29.2 Å². The summed E-state index contributed by atoms with van der Waals surface area (Å²) in [6.45, 7) is 12.5. The van der Waals surface area contributed by atoms with Gasteiger partial charge in [-0.05, 0) is 64.8 Å². The molecule has 0 unspecified atom stereocenters. The molecule has 1 aromatic carbocycles. The van der Waals surface area contributed by atoms with Gasteiger partial charge < -0.3 is 9.47 Å². The largest absolute Gasteiger partial charge is 0.345 e. The van der Waals surface area contributed by atoms with Crippen LogP contribution < -0.4 is 4.72 Å². The van der Waals surface area contributed by atoms with Gasteiger partial charge in [0, 0.05) is 25.8 Å². The third kappa shape index (κ3) is 4.31. The quantitative estimate of drug-likeness (QED) is 0.540.